The Balaban J connectivity index is 1.51. The molecule has 0 atom stereocenters. The number of hydrogen-bond acceptors (Lipinski definition) is 4. The molecule has 0 radical (unpaired) electrons. The van der Waals surface area contributed by atoms with Crippen molar-refractivity contribution < 1.29 is 13.2 Å². The lowest BCUT2D eigenvalue weighted by Crippen LogP contribution is -2.52. The highest BCUT2D eigenvalue weighted by Crippen LogP contribution is 2.32. The minimum Gasteiger partial charge on any atom is -0.326 e. The molecule has 2 aromatic carbocycles. The second-order valence-corrected chi connectivity index (χ2v) is 11.9. The molecular formula is C25H31N3O3S. The Bertz CT molecular complexity index is 1180. The highest BCUT2D eigenvalue weighted by molar-refractivity contribution is 7.89. The first-order chi connectivity index (χ1) is 14.9. The molecule has 2 aliphatic heterocycles. The minimum absolute atomic E-state index is 0.0355. The summed E-state index contributed by atoms with van der Waals surface area (Å²) in [5, 5.41) is 3.02. The minimum atomic E-state index is -3.59. The molecule has 1 N–H and O–H groups in total. The second-order valence-electron chi connectivity index (χ2n) is 9.92. The zero-order chi connectivity index (χ0) is 23.3. The van der Waals surface area contributed by atoms with Gasteiger partial charge in [0.25, 0.3) is 5.91 Å². The van der Waals surface area contributed by atoms with Gasteiger partial charge in [0.05, 0.1) is 4.90 Å². The number of aliphatic imine (C=N–C) groups is 1. The molecule has 0 aliphatic carbocycles. The molecule has 2 aliphatic rings. The molecule has 0 saturated carbocycles. The maximum Gasteiger partial charge on any atom is 0.272 e. The van der Waals surface area contributed by atoms with E-state index in [4.69, 9.17) is 4.99 Å². The fraction of sp³-hybridized carbons (Fsp3) is 0.440. The van der Waals surface area contributed by atoms with Crippen LogP contribution in [0.3, 0.4) is 0 Å². The molecule has 6 nitrogen and oxygen atoms in total. The lowest BCUT2D eigenvalue weighted by molar-refractivity contribution is -0.115. The van der Waals surface area contributed by atoms with Crippen LogP contribution in [0, 0.1) is 13.8 Å². The number of nitrogens with zero attached hydrogens (tertiary/aromatic N) is 2. The van der Waals surface area contributed by atoms with Gasteiger partial charge in [-0.15, -0.1) is 0 Å². The van der Waals surface area contributed by atoms with Crippen molar-refractivity contribution >= 4 is 21.6 Å². The normalized spacial score (nSPS) is 19.2. The molecule has 7 heteroatoms. The number of carbonyl (C=O) groups is 1. The van der Waals surface area contributed by atoms with Crippen molar-refractivity contribution in [3.63, 3.8) is 0 Å². The van der Waals surface area contributed by atoms with Gasteiger partial charge in [0.15, 0.2) is 0 Å². The molecular weight excluding hydrogens is 422 g/mol. The molecule has 2 heterocycles. The van der Waals surface area contributed by atoms with Crippen molar-refractivity contribution in [1.82, 2.24) is 9.62 Å². The van der Waals surface area contributed by atoms with Crippen LogP contribution in [0.1, 0.15) is 55.9 Å². The first-order valence-electron chi connectivity index (χ1n) is 11.0. The van der Waals surface area contributed by atoms with E-state index < -0.39 is 15.7 Å². The van der Waals surface area contributed by atoms with Crippen LogP contribution in [0.15, 0.2) is 52.4 Å². The number of piperidine rings is 1. The quantitative estimate of drug-likeness (QED) is 0.770. The van der Waals surface area contributed by atoms with E-state index in [1.54, 1.807) is 12.1 Å². The second kappa shape index (κ2) is 7.81. The molecule has 1 spiro atoms. The summed E-state index contributed by atoms with van der Waals surface area (Å²) in [6.07, 6.45) is 0.902. The van der Waals surface area contributed by atoms with E-state index in [0.717, 1.165) is 22.3 Å². The maximum atomic E-state index is 13.2. The molecule has 32 heavy (non-hydrogen) atoms. The number of aryl methyl sites for hydroxylation is 2. The third-order valence-electron chi connectivity index (χ3n) is 6.58. The first-order valence-corrected chi connectivity index (χ1v) is 12.5. The van der Waals surface area contributed by atoms with Gasteiger partial charge in [0, 0.05) is 31.5 Å². The lowest BCUT2D eigenvalue weighted by Gasteiger charge is -2.36. The van der Waals surface area contributed by atoms with Gasteiger partial charge in [-0.2, -0.15) is 4.31 Å². The van der Waals surface area contributed by atoms with E-state index in [1.165, 1.54) is 4.31 Å². The number of sulfonamides is 1. The van der Waals surface area contributed by atoms with Crippen molar-refractivity contribution in [2.24, 2.45) is 4.99 Å². The van der Waals surface area contributed by atoms with E-state index in [9.17, 15) is 13.2 Å². The largest absolute Gasteiger partial charge is 0.326 e. The number of nitrogens with one attached hydrogen (secondary N) is 1. The summed E-state index contributed by atoms with van der Waals surface area (Å²) >= 11 is 0. The van der Waals surface area contributed by atoms with Crippen LogP contribution in [-0.4, -0.2) is 43.1 Å². The Morgan fingerprint density at radius 3 is 2.16 bits per heavy atom. The third-order valence-corrected chi connectivity index (χ3v) is 8.49. The van der Waals surface area contributed by atoms with Crippen LogP contribution in [0.5, 0.6) is 0 Å². The average molecular weight is 454 g/mol. The van der Waals surface area contributed by atoms with Crippen LogP contribution in [-0.2, 0) is 20.2 Å². The van der Waals surface area contributed by atoms with Crippen molar-refractivity contribution in [2.75, 3.05) is 13.1 Å². The van der Waals surface area contributed by atoms with Gasteiger partial charge < -0.3 is 5.32 Å². The van der Waals surface area contributed by atoms with Gasteiger partial charge in [-0.25, -0.2) is 8.42 Å². The van der Waals surface area contributed by atoms with E-state index in [1.807, 2.05) is 44.2 Å². The Morgan fingerprint density at radius 1 is 0.969 bits per heavy atom. The van der Waals surface area contributed by atoms with E-state index >= 15 is 0 Å². The van der Waals surface area contributed by atoms with E-state index in [0.29, 0.717) is 36.5 Å². The fourth-order valence-corrected chi connectivity index (χ4v) is 5.70. The SMILES string of the molecule is Cc1ccc(C2=NC3(CCN(S(=O)(=O)c4ccc(C(C)(C)C)cc4)CC3)NC2=O)cc1C. The fourth-order valence-electron chi connectivity index (χ4n) is 4.26. The zero-order valence-corrected chi connectivity index (χ0v) is 20.2. The van der Waals surface area contributed by atoms with E-state index in [-0.39, 0.29) is 11.3 Å². The highest BCUT2D eigenvalue weighted by atomic mass is 32.2. The van der Waals surface area contributed by atoms with Crippen LogP contribution >= 0.6 is 0 Å². The predicted molar refractivity (Wildman–Crippen MR) is 126 cm³/mol. The summed E-state index contributed by atoms with van der Waals surface area (Å²) in [6.45, 7) is 11.0. The Morgan fingerprint density at radius 2 is 1.59 bits per heavy atom. The smallest absolute Gasteiger partial charge is 0.272 e. The average Bonchev–Trinajstić information content (AvgIpc) is 3.05. The highest BCUT2D eigenvalue weighted by Gasteiger charge is 2.44. The maximum absolute atomic E-state index is 13.2. The number of carbonyl (C=O) groups excluding carboxylic acids is 1. The topological polar surface area (TPSA) is 78.8 Å². The standard InChI is InChI=1S/C25H31N3O3S/c1-17-6-7-19(16-18(17)2)22-23(29)27-25(26-22)12-14-28(15-13-25)32(30,31)21-10-8-20(9-11-21)24(3,4)5/h6-11,16H,12-15H2,1-5H3,(H,27,29). The van der Waals surface area contributed by atoms with Crippen molar-refractivity contribution in [2.45, 2.75) is 63.4 Å². The Hall–Kier alpha value is -2.51. The molecule has 1 fully saturated rings. The number of amides is 1. The number of benzene rings is 2. The predicted octanol–water partition coefficient (Wildman–Crippen LogP) is 3.70. The Kier molecular flexibility index (Phi) is 5.54. The van der Waals surface area contributed by atoms with Crippen LogP contribution in [0.4, 0.5) is 0 Å². The van der Waals surface area contributed by atoms with Gasteiger partial charge in [-0.05, 0) is 54.2 Å². The molecule has 1 amide bonds. The third kappa shape index (κ3) is 4.11. The van der Waals surface area contributed by atoms with Gasteiger partial charge in [-0.1, -0.05) is 45.0 Å². The van der Waals surface area contributed by atoms with Gasteiger partial charge in [0.1, 0.15) is 11.4 Å². The first kappa shape index (κ1) is 22.7. The lowest BCUT2D eigenvalue weighted by atomic mass is 9.87. The summed E-state index contributed by atoms with van der Waals surface area (Å²) in [5.74, 6) is -0.192. The van der Waals surface area contributed by atoms with Gasteiger partial charge >= 0.3 is 0 Å². The molecule has 1 saturated heterocycles. The summed E-state index contributed by atoms with van der Waals surface area (Å²) in [7, 11) is -3.59. The summed E-state index contributed by atoms with van der Waals surface area (Å²) < 4.78 is 27.8. The van der Waals surface area contributed by atoms with Crippen LogP contribution < -0.4 is 5.32 Å². The Labute approximate surface area is 190 Å². The number of hydrogen-bond donors (Lipinski definition) is 1. The molecule has 2 aromatic rings. The van der Waals surface area contributed by atoms with Crippen molar-refractivity contribution in [1.29, 1.82) is 0 Å². The molecule has 0 bridgehead atoms. The molecule has 0 aromatic heterocycles. The van der Waals surface area contributed by atoms with Crippen molar-refractivity contribution in [3.05, 3.63) is 64.7 Å². The van der Waals surface area contributed by atoms with Crippen LogP contribution in [0.2, 0.25) is 0 Å². The summed E-state index contributed by atoms with van der Waals surface area (Å²) in [5.41, 5.74) is 3.84. The summed E-state index contributed by atoms with van der Waals surface area (Å²) in [4.78, 5) is 17.7. The monoisotopic (exact) mass is 453 g/mol. The van der Waals surface area contributed by atoms with Crippen molar-refractivity contribution in [3.8, 4) is 0 Å². The van der Waals surface area contributed by atoms with E-state index in [2.05, 4.69) is 26.1 Å². The zero-order valence-electron chi connectivity index (χ0n) is 19.4. The van der Waals surface area contributed by atoms with Crippen LogP contribution in [0.25, 0.3) is 0 Å². The van der Waals surface area contributed by atoms with Gasteiger partial charge in [0.2, 0.25) is 10.0 Å². The number of rotatable bonds is 3. The molecule has 4 rings (SSSR count). The summed E-state index contributed by atoms with van der Waals surface area (Å²) in [6, 6.07) is 13.0. The molecule has 170 valence electrons. The van der Waals surface area contributed by atoms with Gasteiger partial charge in [-0.3, -0.25) is 9.79 Å². The molecule has 0 unspecified atom stereocenters.